The fraction of sp³-hybridized carbons (Fsp3) is 0.412. The highest BCUT2D eigenvalue weighted by Gasteiger charge is 2.25. The van der Waals surface area contributed by atoms with Gasteiger partial charge in [-0.05, 0) is 36.4 Å². The summed E-state index contributed by atoms with van der Waals surface area (Å²) < 4.78 is 0. The van der Waals surface area contributed by atoms with Crippen molar-refractivity contribution in [2.45, 2.75) is 18.9 Å². The summed E-state index contributed by atoms with van der Waals surface area (Å²) in [6.07, 6.45) is 3.84. The second-order valence-corrected chi connectivity index (χ2v) is 7.15. The van der Waals surface area contributed by atoms with Crippen LogP contribution in [0, 0.1) is 0 Å². The molecule has 1 aliphatic rings. The Labute approximate surface area is 174 Å². The van der Waals surface area contributed by atoms with Crippen molar-refractivity contribution in [3.05, 3.63) is 45.7 Å². The average molecular weight is 492 g/mol. The number of nitrogens with zero attached hydrogens (tertiary/aromatic N) is 3. The van der Waals surface area contributed by atoms with Crippen molar-refractivity contribution in [1.29, 1.82) is 0 Å². The summed E-state index contributed by atoms with van der Waals surface area (Å²) in [7, 11) is 1.81. The third-order valence-corrected chi connectivity index (χ3v) is 5.27. The molecule has 8 heteroatoms. The van der Waals surface area contributed by atoms with Crippen LogP contribution in [-0.2, 0) is 6.42 Å². The maximum atomic E-state index is 6.24. The van der Waals surface area contributed by atoms with E-state index in [-0.39, 0.29) is 24.0 Å². The Hall–Kier alpha value is -1.06. The third-order valence-electron chi connectivity index (χ3n) is 4.04. The van der Waals surface area contributed by atoms with Gasteiger partial charge in [-0.1, -0.05) is 17.7 Å². The summed E-state index contributed by atoms with van der Waals surface area (Å²) >= 11 is 8.03. The number of guanidine groups is 1. The molecule has 1 atom stereocenters. The van der Waals surface area contributed by atoms with Crippen molar-refractivity contribution < 1.29 is 0 Å². The molecule has 1 aliphatic heterocycles. The first kappa shape index (κ1) is 20.3. The summed E-state index contributed by atoms with van der Waals surface area (Å²) in [6.45, 7) is 2.70. The Bertz CT molecular complexity index is 679. The van der Waals surface area contributed by atoms with E-state index in [1.165, 1.54) is 4.88 Å². The highest BCUT2D eigenvalue weighted by atomic mass is 127. The lowest BCUT2D eigenvalue weighted by molar-refractivity contribution is 0.648. The van der Waals surface area contributed by atoms with Gasteiger partial charge in [-0.3, -0.25) is 4.99 Å². The van der Waals surface area contributed by atoms with Gasteiger partial charge in [-0.15, -0.1) is 35.3 Å². The number of aromatic nitrogens is 1. The Balaban J connectivity index is 0.00000225. The first-order valence-corrected chi connectivity index (χ1v) is 9.37. The monoisotopic (exact) mass is 491 g/mol. The molecule has 0 radical (unpaired) electrons. The van der Waals surface area contributed by atoms with Crippen LogP contribution in [0.2, 0.25) is 5.02 Å². The maximum absolute atomic E-state index is 6.24. The van der Waals surface area contributed by atoms with Crippen LogP contribution in [0.25, 0.3) is 0 Å². The largest absolute Gasteiger partial charge is 0.356 e. The minimum Gasteiger partial charge on any atom is -0.356 e. The summed E-state index contributed by atoms with van der Waals surface area (Å²) in [5.41, 5.74) is 0. The van der Waals surface area contributed by atoms with Gasteiger partial charge < -0.3 is 15.5 Å². The van der Waals surface area contributed by atoms with Crippen LogP contribution in [0.3, 0.4) is 0 Å². The van der Waals surface area contributed by atoms with Crippen LogP contribution < -0.4 is 15.5 Å². The molecule has 0 saturated carbocycles. The number of anilines is 1. The zero-order valence-corrected chi connectivity index (χ0v) is 18.0. The number of rotatable bonds is 5. The van der Waals surface area contributed by atoms with E-state index in [9.17, 15) is 0 Å². The van der Waals surface area contributed by atoms with Crippen LogP contribution in [0.4, 0.5) is 5.82 Å². The van der Waals surface area contributed by atoms with Crippen molar-refractivity contribution in [1.82, 2.24) is 15.6 Å². The predicted molar refractivity (Wildman–Crippen MR) is 118 cm³/mol. The lowest BCUT2D eigenvalue weighted by Gasteiger charge is -2.20. The van der Waals surface area contributed by atoms with E-state index >= 15 is 0 Å². The Morgan fingerprint density at radius 1 is 1.44 bits per heavy atom. The number of hydrogen-bond donors (Lipinski definition) is 2. The molecule has 2 aromatic rings. The third kappa shape index (κ3) is 5.72. The van der Waals surface area contributed by atoms with E-state index in [2.05, 4.69) is 43.0 Å². The number of pyridine rings is 1. The number of halogens is 2. The van der Waals surface area contributed by atoms with Crippen molar-refractivity contribution in [2.24, 2.45) is 4.99 Å². The molecule has 0 aliphatic carbocycles. The van der Waals surface area contributed by atoms with E-state index in [0.717, 1.165) is 44.3 Å². The molecule has 2 N–H and O–H groups in total. The first-order valence-electron chi connectivity index (χ1n) is 8.11. The van der Waals surface area contributed by atoms with Gasteiger partial charge in [0.1, 0.15) is 5.82 Å². The topological polar surface area (TPSA) is 52.6 Å². The maximum Gasteiger partial charge on any atom is 0.191 e. The van der Waals surface area contributed by atoms with Crippen LogP contribution >= 0.6 is 46.9 Å². The fourth-order valence-corrected chi connectivity index (χ4v) is 3.78. The molecular weight excluding hydrogens is 469 g/mol. The van der Waals surface area contributed by atoms with Gasteiger partial charge in [0, 0.05) is 43.8 Å². The highest BCUT2D eigenvalue weighted by molar-refractivity contribution is 14.0. The SMILES string of the molecule is CN=C(NCCc1cccs1)NC1CCN(c2ncccc2Cl)C1.I. The molecule has 25 heavy (non-hydrogen) atoms. The van der Waals surface area contributed by atoms with E-state index in [1.54, 1.807) is 17.5 Å². The summed E-state index contributed by atoms with van der Waals surface area (Å²) in [6, 6.07) is 8.33. The second kappa shape index (κ2) is 10.2. The van der Waals surface area contributed by atoms with Gasteiger partial charge >= 0.3 is 0 Å². The zero-order chi connectivity index (χ0) is 16.8. The number of nitrogens with one attached hydrogen (secondary N) is 2. The molecular formula is C17H23ClIN5S. The van der Waals surface area contributed by atoms with Crippen molar-refractivity contribution in [3.8, 4) is 0 Å². The van der Waals surface area contributed by atoms with Crippen LogP contribution in [0.1, 0.15) is 11.3 Å². The lowest BCUT2D eigenvalue weighted by Crippen LogP contribution is -2.45. The predicted octanol–water partition coefficient (Wildman–Crippen LogP) is 3.40. The molecule has 0 spiro atoms. The summed E-state index contributed by atoms with van der Waals surface area (Å²) in [4.78, 5) is 12.3. The molecule has 1 saturated heterocycles. The van der Waals surface area contributed by atoms with Crippen LogP contribution in [0.15, 0.2) is 40.8 Å². The number of hydrogen-bond acceptors (Lipinski definition) is 4. The summed E-state index contributed by atoms with van der Waals surface area (Å²) in [5.74, 6) is 1.72. The number of thiophene rings is 1. The standard InChI is InChI=1S/C17H22ClN5S.HI/c1-19-17(21-9-6-14-4-3-11-24-14)22-13-7-10-23(12-13)16-15(18)5-2-8-20-16;/h2-5,8,11,13H,6-7,9-10,12H2,1H3,(H2,19,21,22);1H. The minimum atomic E-state index is 0. The molecule has 3 heterocycles. The molecule has 0 aromatic carbocycles. The Morgan fingerprint density at radius 3 is 3.04 bits per heavy atom. The van der Waals surface area contributed by atoms with Gasteiger partial charge in [-0.25, -0.2) is 4.98 Å². The molecule has 136 valence electrons. The minimum absolute atomic E-state index is 0. The molecule has 0 amide bonds. The van der Waals surface area contributed by atoms with Crippen LogP contribution in [0.5, 0.6) is 0 Å². The smallest absolute Gasteiger partial charge is 0.191 e. The molecule has 1 fully saturated rings. The number of aliphatic imine (C=N–C) groups is 1. The molecule has 3 rings (SSSR count). The fourth-order valence-electron chi connectivity index (χ4n) is 2.83. The van der Waals surface area contributed by atoms with Crippen molar-refractivity contribution >= 4 is 58.7 Å². The van der Waals surface area contributed by atoms with Gasteiger partial charge in [0.15, 0.2) is 5.96 Å². The quantitative estimate of drug-likeness (QED) is 0.382. The van der Waals surface area contributed by atoms with E-state index < -0.39 is 0 Å². The van der Waals surface area contributed by atoms with Crippen molar-refractivity contribution in [3.63, 3.8) is 0 Å². The van der Waals surface area contributed by atoms with Crippen molar-refractivity contribution in [2.75, 3.05) is 31.6 Å². The normalized spacial score (nSPS) is 17.3. The Kier molecular flexibility index (Phi) is 8.25. The van der Waals surface area contributed by atoms with Gasteiger partial charge in [0.2, 0.25) is 0 Å². The van der Waals surface area contributed by atoms with E-state index in [4.69, 9.17) is 11.6 Å². The second-order valence-electron chi connectivity index (χ2n) is 5.71. The highest BCUT2D eigenvalue weighted by Crippen LogP contribution is 2.25. The molecule has 1 unspecified atom stereocenters. The molecule has 0 bridgehead atoms. The van der Waals surface area contributed by atoms with Gasteiger partial charge in [0.25, 0.3) is 0 Å². The first-order chi connectivity index (χ1) is 11.8. The van der Waals surface area contributed by atoms with Gasteiger partial charge in [0.05, 0.1) is 5.02 Å². The molecule has 5 nitrogen and oxygen atoms in total. The average Bonchev–Trinajstić information content (AvgIpc) is 3.26. The van der Waals surface area contributed by atoms with E-state index in [1.807, 2.05) is 19.2 Å². The zero-order valence-electron chi connectivity index (χ0n) is 14.1. The summed E-state index contributed by atoms with van der Waals surface area (Å²) in [5, 5.41) is 9.70. The van der Waals surface area contributed by atoms with Crippen LogP contribution in [-0.4, -0.2) is 43.7 Å². The van der Waals surface area contributed by atoms with Gasteiger partial charge in [-0.2, -0.15) is 0 Å². The molecule has 2 aromatic heterocycles. The lowest BCUT2D eigenvalue weighted by atomic mass is 10.3. The Morgan fingerprint density at radius 2 is 2.32 bits per heavy atom. The van der Waals surface area contributed by atoms with E-state index in [0.29, 0.717) is 11.1 Å².